The molecule has 3 N–H and O–H groups in total. The van der Waals surface area contributed by atoms with Crippen LogP contribution in [0.2, 0.25) is 0 Å². The van der Waals surface area contributed by atoms with Gasteiger partial charge in [0, 0.05) is 18.8 Å². The van der Waals surface area contributed by atoms with Crippen molar-refractivity contribution in [2.45, 2.75) is 31.9 Å². The van der Waals surface area contributed by atoms with E-state index in [4.69, 9.17) is 5.73 Å². The molecule has 15 heavy (non-hydrogen) atoms. The fourth-order valence-corrected chi connectivity index (χ4v) is 1.68. The van der Waals surface area contributed by atoms with Gasteiger partial charge in [-0.15, -0.1) is 0 Å². The van der Waals surface area contributed by atoms with Crippen molar-refractivity contribution in [2.24, 2.45) is 5.73 Å². The molecular weight excluding hydrogens is 194 g/mol. The van der Waals surface area contributed by atoms with E-state index in [9.17, 15) is 9.90 Å². The Morgan fingerprint density at radius 2 is 2.40 bits per heavy atom. The van der Waals surface area contributed by atoms with Crippen LogP contribution in [0.3, 0.4) is 0 Å². The molecule has 0 aromatic carbocycles. The lowest BCUT2D eigenvalue weighted by molar-refractivity contribution is 0.183. The van der Waals surface area contributed by atoms with E-state index in [0.29, 0.717) is 11.4 Å². The molecule has 1 aromatic rings. The van der Waals surface area contributed by atoms with Crippen LogP contribution in [0.25, 0.3) is 0 Å². The van der Waals surface area contributed by atoms with E-state index in [1.807, 2.05) is 0 Å². The van der Waals surface area contributed by atoms with E-state index in [2.05, 4.69) is 4.98 Å². The minimum Gasteiger partial charge on any atom is -0.387 e. The molecule has 82 valence electrons. The van der Waals surface area contributed by atoms with E-state index in [1.165, 1.54) is 6.20 Å². The highest BCUT2D eigenvalue weighted by Gasteiger charge is 2.27. The monoisotopic (exact) mass is 209 g/mol. The largest absolute Gasteiger partial charge is 0.387 e. The van der Waals surface area contributed by atoms with E-state index >= 15 is 0 Å². The SMILES string of the molecule is Cc1ncc(C(O)CN)c(=O)n1C1CC1. The molecule has 5 heteroatoms. The van der Waals surface area contributed by atoms with Gasteiger partial charge in [-0.25, -0.2) is 4.98 Å². The van der Waals surface area contributed by atoms with Crippen LogP contribution in [0.5, 0.6) is 0 Å². The Kier molecular flexibility index (Phi) is 2.58. The predicted molar refractivity (Wildman–Crippen MR) is 55.5 cm³/mol. The van der Waals surface area contributed by atoms with Crippen molar-refractivity contribution in [3.63, 3.8) is 0 Å². The smallest absolute Gasteiger partial charge is 0.259 e. The quantitative estimate of drug-likeness (QED) is 0.727. The van der Waals surface area contributed by atoms with Gasteiger partial charge in [-0.3, -0.25) is 9.36 Å². The first-order valence-corrected chi connectivity index (χ1v) is 5.11. The summed E-state index contributed by atoms with van der Waals surface area (Å²) >= 11 is 0. The summed E-state index contributed by atoms with van der Waals surface area (Å²) in [5.41, 5.74) is 5.48. The molecule has 0 radical (unpaired) electrons. The maximum Gasteiger partial charge on any atom is 0.259 e. The number of nitrogens with two attached hydrogens (primary N) is 1. The van der Waals surface area contributed by atoms with Gasteiger partial charge in [0.15, 0.2) is 0 Å². The zero-order chi connectivity index (χ0) is 11.0. The topological polar surface area (TPSA) is 81.1 Å². The number of aliphatic hydroxyl groups excluding tert-OH is 1. The number of nitrogens with zero attached hydrogens (tertiary/aromatic N) is 2. The molecule has 0 amide bonds. The lowest BCUT2D eigenvalue weighted by atomic mass is 10.2. The molecule has 1 aromatic heterocycles. The van der Waals surface area contributed by atoms with E-state index in [0.717, 1.165) is 12.8 Å². The summed E-state index contributed by atoms with van der Waals surface area (Å²) in [4.78, 5) is 16.1. The first kappa shape index (κ1) is 10.3. The first-order valence-electron chi connectivity index (χ1n) is 5.11. The molecule has 1 aliphatic rings. The number of aromatic nitrogens is 2. The van der Waals surface area contributed by atoms with Crippen molar-refractivity contribution in [3.05, 3.63) is 27.9 Å². The number of rotatable bonds is 3. The summed E-state index contributed by atoms with van der Waals surface area (Å²) in [6, 6.07) is 0.273. The Balaban J connectivity index is 2.50. The van der Waals surface area contributed by atoms with Crippen molar-refractivity contribution in [2.75, 3.05) is 6.54 Å². The number of hydrogen-bond donors (Lipinski definition) is 2. The van der Waals surface area contributed by atoms with Crippen LogP contribution in [0, 0.1) is 6.92 Å². The van der Waals surface area contributed by atoms with Crippen LogP contribution < -0.4 is 11.3 Å². The molecule has 0 bridgehead atoms. The fraction of sp³-hybridized carbons (Fsp3) is 0.600. The zero-order valence-corrected chi connectivity index (χ0v) is 8.68. The average Bonchev–Trinajstić information content (AvgIpc) is 3.01. The van der Waals surface area contributed by atoms with Crippen molar-refractivity contribution < 1.29 is 5.11 Å². The predicted octanol–water partition coefficient (Wildman–Crippen LogP) is -0.121. The molecule has 1 atom stereocenters. The Morgan fingerprint density at radius 3 is 2.93 bits per heavy atom. The standard InChI is InChI=1S/C10H15N3O2/c1-6-12-5-8(9(14)4-11)10(15)13(6)7-2-3-7/h5,7,9,14H,2-4,11H2,1H3. The summed E-state index contributed by atoms with van der Waals surface area (Å²) in [6.45, 7) is 1.85. The molecule has 0 aliphatic heterocycles. The lowest BCUT2D eigenvalue weighted by Crippen LogP contribution is -2.29. The number of hydrogen-bond acceptors (Lipinski definition) is 4. The Bertz CT molecular complexity index is 423. The van der Waals surface area contributed by atoms with Gasteiger partial charge in [-0.2, -0.15) is 0 Å². The van der Waals surface area contributed by atoms with Gasteiger partial charge >= 0.3 is 0 Å². The Morgan fingerprint density at radius 1 is 1.73 bits per heavy atom. The minimum atomic E-state index is -0.907. The number of aliphatic hydroxyl groups is 1. The molecule has 1 unspecified atom stereocenters. The van der Waals surface area contributed by atoms with E-state index in [-0.39, 0.29) is 18.1 Å². The minimum absolute atomic E-state index is 0.0463. The van der Waals surface area contributed by atoms with Crippen LogP contribution >= 0.6 is 0 Å². The molecule has 5 nitrogen and oxygen atoms in total. The van der Waals surface area contributed by atoms with Crippen LogP contribution in [0.4, 0.5) is 0 Å². The molecule has 1 heterocycles. The summed E-state index contributed by atoms with van der Waals surface area (Å²) in [5, 5.41) is 9.55. The van der Waals surface area contributed by atoms with Crippen LogP contribution in [0.1, 0.15) is 36.4 Å². The third-order valence-electron chi connectivity index (χ3n) is 2.70. The Labute approximate surface area is 87.6 Å². The zero-order valence-electron chi connectivity index (χ0n) is 8.68. The van der Waals surface area contributed by atoms with Gasteiger partial charge in [-0.05, 0) is 19.8 Å². The van der Waals surface area contributed by atoms with E-state index in [1.54, 1.807) is 11.5 Å². The van der Waals surface area contributed by atoms with Crippen LogP contribution in [-0.2, 0) is 0 Å². The maximum atomic E-state index is 12.0. The van der Waals surface area contributed by atoms with E-state index < -0.39 is 6.10 Å². The van der Waals surface area contributed by atoms with Crippen molar-refractivity contribution in [1.82, 2.24) is 9.55 Å². The third-order valence-corrected chi connectivity index (χ3v) is 2.70. The summed E-state index contributed by atoms with van der Waals surface area (Å²) in [7, 11) is 0. The average molecular weight is 209 g/mol. The molecule has 0 saturated heterocycles. The highest BCUT2D eigenvalue weighted by molar-refractivity contribution is 5.13. The number of aryl methyl sites for hydroxylation is 1. The lowest BCUT2D eigenvalue weighted by Gasteiger charge is -2.12. The van der Waals surface area contributed by atoms with Crippen molar-refractivity contribution in [1.29, 1.82) is 0 Å². The van der Waals surface area contributed by atoms with Gasteiger partial charge < -0.3 is 10.8 Å². The second-order valence-electron chi connectivity index (χ2n) is 3.92. The highest BCUT2D eigenvalue weighted by Crippen LogP contribution is 2.34. The van der Waals surface area contributed by atoms with Crippen LogP contribution in [-0.4, -0.2) is 21.2 Å². The fourth-order valence-electron chi connectivity index (χ4n) is 1.68. The van der Waals surface area contributed by atoms with Crippen molar-refractivity contribution in [3.8, 4) is 0 Å². The molecular formula is C10H15N3O2. The summed E-state index contributed by atoms with van der Waals surface area (Å²) in [6.07, 6.45) is 2.55. The third kappa shape index (κ3) is 1.80. The normalized spacial score (nSPS) is 17.8. The maximum absolute atomic E-state index is 12.0. The molecule has 2 rings (SSSR count). The van der Waals surface area contributed by atoms with Crippen LogP contribution in [0.15, 0.2) is 11.0 Å². The van der Waals surface area contributed by atoms with Gasteiger partial charge in [0.2, 0.25) is 0 Å². The van der Waals surface area contributed by atoms with Gasteiger partial charge in [0.25, 0.3) is 5.56 Å². The summed E-state index contributed by atoms with van der Waals surface area (Å²) < 4.78 is 1.66. The second-order valence-corrected chi connectivity index (χ2v) is 3.92. The van der Waals surface area contributed by atoms with Gasteiger partial charge in [0.1, 0.15) is 5.82 Å². The molecule has 1 fully saturated rings. The highest BCUT2D eigenvalue weighted by atomic mass is 16.3. The first-order chi connectivity index (χ1) is 7.15. The Hall–Kier alpha value is -1.20. The molecule has 1 saturated carbocycles. The second kappa shape index (κ2) is 3.75. The molecule has 0 spiro atoms. The van der Waals surface area contributed by atoms with Gasteiger partial charge in [-0.1, -0.05) is 0 Å². The summed E-state index contributed by atoms with van der Waals surface area (Å²) in [5.74, 6) is 0.704. The van der Waals surface area contributed by atoms with Gasteiger partial charge in [0.05, 0.1) is 11.7 Å². The van der Waals surface area contributed by atoms with Crippen molar-refractivity contribution >= 4 is 0 Å². The molecule has 1 aliphatic carbocycles.